The molecular formula is C10H12N6O2. The topological polar surface area (TPSA) is 97.6 Å². The van der Waals surface area contributed by atoms with E-state index in [-0.39, 0.29) is 5.95 Å². The second-order valence-corrected chi connectivity index (χ2v) is 3.30. The number of tetrazole rings is 1. The van der Waals surface area contributed by atoms with Crippen molar-refractivity contribution in [2.45, 2.75) is 6.54 Å². The molecular weight excluding hydrogens is 236 g/mol. The third kappa shape index (κ3) is 2.78. The largest absolute Gasteiger partial charge is 0.493 e. The van der Waals surface area contributed by atoms with Crippen molar-refractivity contribution in [2.75, 3.05) is 14.2 Å². The standard InChI is InChI=1S/C10H12N6O2/c1-17-8-4-3-7(5-9(8)18-2)6-11-12-10-13-15-16-14-10/h3-5H,6H2,1-2H3,(H,13,14,15,16). The van der Waals surface area contributed by atoms with Crippen molar-refractivity contribution in [2.24, 2.45) is 10.2 Å². The third-order valence-electron chi connectivity index (χ3n) is 2.20. The van der Waals surface area contributed by atoms with Crippen LogP contribution in [0, 0.1) is 0 Å². The van der Waals surface area contributed by atoms with E-state index in [2.05, 4.69) is 30.9 Å². The van der Waals surface area contributed by atoms with Gasteiger partial charge >= 0.3 is 5.95 Å². The number of H-pyrrole nitrogens is 1. The minimum Gasteiger partial charge on any atom is -0.493 e. The quantitative estimate of drug-likeness (QED) is 0.808. The second-order valence-electron chi connectivity index (χ2n) is 3.30. The Morgan fingerprint density at radius 1 is 1.22 bits per heavy atom. The number of hydrogen-bond donors (Lipinski definition) is 1. The lowest BCUT2D eigenvalue weighted by Gasteiger charge is -2.07. The summed E-state index contributed by atoms with van der Waals surface area (Å²) in [5.41, 5.74) is 0.944. The Morgan fingerprint density at radius 2 is 2.06 bits per heavy atom. The van der Waals surface area contributed by atoms with E-state index in [0.717, 1.165) is 5.56 Å². The average Bonchev–Trinajstić information content (AvgIpc) is 2.91. The zero-order valence-corrected chi connectivity index (χ0v) is 9.99. The van der Waals surface area contributed by atoms with Gasteiger partial charge in [-0.05, 0) is 22.9 Å². The van der Waals surface area contributed by atoms with E-state index in [1.165, 1.54) is 0 Å². The zero-order chi connectivity index (χ0) is 12.8. The molecule has 0 saturated heterocycles. The maximum absolute atomic E-state index is 5.19. The first-order valence-corrected chi connectivity index (χ1v) is 5.15. The Hall–Kier alpha value is -2.51. The molecule has 0 amide bonds. The van der Waals surface area contributed by atoms with Crippen LogP contribution in [-0.2, 0) is 6.54 Å². The highest BCUT2D eigenvalue weighted by Crippen LogP contribution is 2.27. The van der Waals surface area contributed by atoms with Gasteiger partial charge < -0.3 is 9.47 Å². The van der Waals surface area contributed by atoms with Crippen molar-refractivity contribution < 1.29 is 9.47 Å². The van der Waals surface area contributed by atoms with E-state index in [4.69, 9.17) is 9.47 Å². The Kier molecular flexibility index (Phi) is 3.79. The first-order valence-electron chi connectivity index (χ1n) is 5.15. The van der Waals surface area contributed by atoms with Gasteiger partial charge in [0.15, 0.2) is 11.5 Å². The molecule has 0 spiro atoms. The monoisotopic (exact) mass is 248 g/mol. The van der Waals surface area contributed by atoms with Crippen molar-refractivity contribution in [3.8, 4) is 11.5 Å². The van der Waals surface area contributed by atoms with Crippen LogP contribution >= 0.6 is 0 Å². The minimum absolute atomic E-state index is 0.204. The summed E-state index contributed by atoms with van der Waals surface area (Å²) in [6.45, 7) is 0.398. The second kappa shape index (κ2) is 5.71. The fraction of sp³-hybridized carbons (Fsp3) is 0.300. The molecule has 0 radical (unpaired) electrons. The molecule has 94 valence electrons. The van der Waals surface area contributed by atoms with E-state index < -0.39 is 0 Å². The SMILES string of the molecule is COc1ccc(CN=Nc2nn[nH]n2)cc1OC. The van der Waals surface area contributed by atoms with Crippen molar-refractivity contribution in [3.63, 3.8) is 0 Å². The zero-order valence-electron chi connectivity index (χ0n) is 9.99. The Balaban J connectivity index is 2.05. The normalized spacial score (nSPS) is 10.8. The maximum Gasteiger partial charge on any atom is 0.307 e. The van der Waals surface area contributed by atoms with Crippen LogP contribution < -0.4 is 9.47 Å². The minimum atomic E-state index is 0.204. The first kappa shape index (κ1) is 12.0. The maximum atomic E-state index is 5.19. The Bertz CT molecular complexity index is 525. The number of aromatic amines is 1. The van der Waals surface area contributed by atoms with Crippen LogP contribution in [0.25, 0.3) is 0 Å². The molecule has 1 heterocycles. The lowest BCUT2D eigenvalue weighted by molar-refractivity contribution is 0.354. The number of benzene rings is 1. The number of hydrogen-bond acceptors (Lipinski definition) is 7. The van der Waals surface area contributed by atoms with E-state index in [0.29, 0.717) is 18.0 Å². The van der Waals surface area contributed by atoms with Crippen molar-refractivity contribution in [1.82, 2.24) is 20.6 Å². The third-order valence-corrected chi connectivity index (χ3v) is 2.20. The van der Waals surface area contributed by atoms with Crippen LogP contribution in [0.4, 0.5) is 5.95 Å². The number of ether oxygens (including phenoxy) is 2. The highest BCUT2D eigenvalue weighted by molar-refractivity contribution is 5.42. The van der Waals surface area contributed by atoms with Gasteiger partial charge in [-0.15, -0.1) is 10.2 Å². The Morgan fingerprint density at radius 3 is 2.72 bits per heavy atom. The molecule has 2 rings (SSSR count). The summed E-state index contributed by atoms with van der Waals surface area (Å²) in [5, 5.41) is 20.7. The van der Waals surface area contributed by atoms with Gasteiger partial charge in [0.25, 0.3) is 0 Å². The molecule has 0 bridgehead atoms. The number of nitrogens with zero attached hydrogens (tertiary/aromatic N) is 5. The van der Waals surface area contributed by atoms with Crippen LogP contribution in [0.5, 0.6) is 11.5 Å². The number of rotatable bonds is 5. The van der Waals surface area contributed by atoms with E-state index >= 15 is 0 Å². The molecule has 1 N–H and O–H groups in total. The summed E-state index contributed by atoms with van der Waals surface area (Å²) in [6.07, 6.45) is 0. The van der Waals surface area contributed by atoms with Gasteiger partial charge in [0.1, 0.15) is 0 Å². The molecule has 0 atom stereocenters. The summed E-state index contributed by atoms with van der Waals surface area (Å²) in [6, 6.07) is 5.54. The molecule has 0 fully saturated rings. The molecule has 8 nitrogen and oxygen atoms in total. The van der Waals surface area contributed by atoms with Crippen LogP contribution in [0.3, 0.4) is 0 Å². The predicted molar refractivity (Wildman–Crippen MR) is 61.9 cm³/mol. The molecule has 8 heteroatoms. The molecule has 0 aliphatic carbocycles. The summed E-state index contributed by atoms with van der Waals surface area (Å²) < 4.78 is 10.3. The number of azo groups is 1. The fourth-order valence-corrected chi connectivity index (χ4v) is 1.36. The van der Waals surface area contributed by atoms with E-state index in [9.17, 15) is 0 Å². The van der Waals surface area contributed by atoms with Gasteiger partial charge in [-0.3, -0.25) is 0 Å². The summed E-state index contributed by atoms with van der Waals surface area (Å²) in [5.74, 6) is 1.54. The molecule has 2 aromatic rings. The van der Waals surface area contributed by atoms with Gasteiger partial charge in [-0.1, -0.05) is 11.2 Å². The van der Waals surface area contributed by atoms with Crippen molar-refractivity contribution in [1.29, 1.82) is 0 Å². The van der Waals surface area contributed by atoms with Gasteiger partial charge in [-0.25, -0.2) is 0 Å². The van der Waals surface area contributed by atoms with Gasteiger partial charge in [0.2, 0.25) is 0 Å². The highest BCUT2D eigenvalue weighted by Gasteiger charge is 2.04. The van der Waals surface area contributed by atoms with Gasteiger partial charge in [0.05, 0.1) is 20.8 Å². The summed E-state index contributed by atoms with van der Waals surface area (Å²) in [7, 11) is 3.18. The summed E-state index contributed by atoms with van der Waals surface area (Å²) in [4.78, 5) is 0. The van der Waals surface area contributed by atoms with Crippen LogP contribution in [0.2, 0.25) is 0 Å². The van der Waals surface area contributed by atoms with Crippen LogP contribution in [0.1, 0.15) is 5.56 Å². The molecule has 1 aromatic carbocycles. The van der Waals surface area contributed by atoms with Gasteiger partial charge in [-0.2, -0.15) is 10.3 Å². The van der Waals surface area contributed by atoms with Gasteiger partial charge in [0, 0.05) is 0 Å². The first-order chi connectivity index (χ1) is 8.83. The van der Waals surface area contributed by atoms with E-state index in [1.54, 1.807) is 14.2 Å². The van der Waals surface area contributed by atoms with Crippen molar-refractivity contribution in [3.05, 3.63) is 23.8 Å². The molecule has 0 unspecified atom stereocenters. The molecule has 0 aliphatic rings. The average molecular weight is 248 g/mol. The summed E-state index contributed by atoms with van der Waals surface area (Å²) >= 11 is 0. The van der Waals surface area contributed by atoms with Crippen LogP contribution in [-0.4, -0.2) is 34.8 Å². The Labute approximate surface area is 103 Å². The van der Waals surface area contributed by atoms with E-state index in [1.807, 2.05) is 18.2 Å². The predicted octanol–water partition coefficient (Wildman–Crippen LogP) is 1.50. The lowest BCUT2D eigenvalue weighted by atomic mass is 10.2. The molecule has 1 aromatic heterocycles. The molecule has 18 heavy (non-hydrogen) atoms. The smallest absolute Gasteiger partial charge is 0.307 e. The molecule has 0 aliphatic heterocycles. The number of nitrogens with one attached hydrogen (secondary N) is 1. The highest BCUT2D eigenvalue weighted by atomic mass is 16.5. The van der Waals surface area contributed by atoms with Crippen LogP contribution in [0.15, 0.2) is 28.4 Å². The number of methoxy groups -OCH3 is 2. The van der Waals surface area contributed by atoms with Crippen molar-refractivity contribution >= 4 is 5.95 Å². The fourth-order valence-electron chi connectivity index (χ4n) is 1.36. The number of aromatic nitrogens is 4. The molecule has 0 saturated carbocycles. The lowest BCUT2D eigenvalue weighted by Crippen LogP contribution is -1.91.